The summed E-state index contributed by atoms with van der Waals surface area (Å²) in [4.78, 5) is 35.0. The van der Waals surface area contributed by atoms with Gasteiger partial charge in [-0.15, -0.1) is 0 Å². The Bertz CT molecular complexity index is 766. The van der Waals surface area contributed by atoms with E-state index < -0.39 is 32.5 Å². The zero-order chi connectivity index (χ0) is 18.1. The molecule has 0 radical (unpaired) electrons. The molecular weight excluding hydrogens is 342 g/mol. The molecule has 130 valence electrons. The van der Waals surface area contributed by atoms with Gasteiger partial charge in [0.1, 0.15) is 0 Å². The predicted molar refractivity (Wildman–Crippen MR) is 82.4 cm³/mol. The maximum absolute atomic E-state index is 12.4. The summed E-state index contributed by atoms with van der Waals surface area (Å²) in [7, 11) is -3.35. The fourth-order valence-electron chi connectivity index (χ4n) is 2.37. The fourth-order valence-corrected chi connectivity index (χ4v) is 3.20. The van der Waals surface area contributed by atoms with Crippen molar-refractivity contribution in [3.63, 3.8) is 0 Å². The molecule has 0 atom stereocenters. The summed E-state index contributed by atoms with van der Waals surface area (Å²) < 4.78 is 24.1. The third-order valence-electron chi connectivity index (χ3n) is 3.62. The van der Waals surface area contributed by atoms with Gasteiger partial charge in [0.15, 0.2) is 0 Å². The number of hydrogen-bond donors (Lipinski definition) is 1. The lowest BCUT2D eigenvalue weighted by Crippen LogP contribution is -2.50. The Kier molecular flexibility index (Phi) is 4.85. The minimum atomic E-state index is -3.35. The lowest BCUT2D eigenvalue weighted by atomic mass is 10.1. The summed E-state index contributed by atoms with van der Waals surface area (Å²) in [6, 6.07) is 2.96. The first-order chi connectivity index (χ1) is 11.1. The van der Waals surface area contributed by atoms with Crippen molar-refractivity contribution >= 4 is 27.6 Å². The second-order valence-electron chi connectivity index (χ2n) is 5.29. The van der Waals surface area contributed by atoms with E-state index in [4.69, 9.17) is 5.11 Å². The predicted octanol–water partition coefficient (Wildman–Crippen LogP) is 0.0104. The zero-order valence-electron chi connectivity index (χ0n) is 12.7. The largest absolute Gasteiger partial charge is 0.478 e. The number of carboxylic acids is 1. The average molecular weight is 357 g/mol. The number of carbonyl (C=O) groups is 2. The summed E-state index contributed by atoms with van der Waals surface area (Å²) in [6.45, 7) is 0.477. The highest BCUT2D eigenvalue weighted by Crippen LogP contribution is 2.20. The van der Waals surface area contributed by atoms with Crippen LogP contribution < -0.4 is 0 Å². The number of rotatable bonds is 4. The molecule has 0 unspecified atom stereocenters. The monoisotopic (exact) mass is 357 g/mol. The van der Waals surface area contributed by atoms with E-state index in [9.17, 15) is 28.1 Å². The Balaban J connectivity index is 2.24. The number of benzene rings is 1. The topological polar surface area (TPSA) is 138 Å². The first-order valence-corrected chi connectivity index (χ1v) is 8.71. The van der Waals surface area contributed by atoms with Crippen LogP contribution in [0.1, 0.15) is 20.7 Å². The minimum absolute atomic E-state index is 0.116. The number of carboxylic acid groups (broad SMARTS) is 1. The van der Waals surface area contributed by atoms with E-state index in [1.54, 1.807) is 0 Å². The van der Waals surface area contributed by atoms with Gasteiger partial charge in [0.2, 0.25) is 10.0 Å². The molecule has 1 aromatic rings. The highest BCUT2D eigenvalue weighted by Gasteiger charge is 2.28. The molecular formula is C13H15N3O7S. The van der Waals surface area contributed by atoms with Crippen molar-refractivity contribution in [2.45, 2.75) is 0 Å². The van der Waals surface area contributed by atoms with Crippen molar-refractivity contribution in [1.29, 1.82) is 0 Å². The van der Waals surface area contributed by atoms with Crippen molar-refractivity contribution in [3.8, 4) is 0 Å². The lowest BCUT2D eigenvalue weighted by Gasteiger charge is -2.33. The van der Waals surface area contributed by atoms with E-state index in [1.807, 2.05) is 0 Å². The Hall–Kier alpha value is -2.53. The molecule has 0 aliphatic carbocycles. The first kappa shape index (κ1) is 17.8. The molecule has 1 aliphatic rings. The van der Waals surface area contributed by atoms with Gasteiger partial charge >= 0.3 is 5.97 Å². The summed E-state index contributed by atoms with van der Waals surface area (Å²) in [5.74, 6) is -1.95. The number of carbonyl (C=O) groups excluding carboxylic acids is 1. The zero-order valence-corrected chi connectivity index (χ0v) is 13.5. The number of amides is 1. The van der Waals surface area contributed by atoms with Gasteiger partial charge in [-0.3, -0.25) is 14.9 Å². The molecule has 11 heteroatoms. The highest BCUT2D eigenvalue weighted by molar-refractivity contribution is 7.88. The molecule has 0 saturated carbocycles. The van der Waals surface area contributed by atoms with Crippen molar-refractivity contribution < 1.29 is 28.0 Å². The number of hydrogen-bond acceptors (Lipinski definition) is 6. The Morgan fingerprint density at radius 1 is 1.12 bits per heavy atom. The van der Waals surface area contributed by atoms with Gasteiger partial charge in [0.05, 0.1) is 16.7 Å². The van der Waals surface area contributed by atoms with E-state index in [1.165, 1.54) is 9.21 Å². The molecule has 1 saturated heterocycles. The molecule has 1 aromatic carbocycles. The maximum atomic E-state index is 12.4. The van der Waals surface area contributed by atoms with Crippen LogP contribution in [0.5, 0.6) is 0 Å². The molecule has 1 amide bonds. The number of aromatic carboxylic acids is 1. The van der Waals surface area contributed by atoms with E-state index in [2.05, 4.69) is 0 Å². The Morgan fingerprint density at radius 2 is 1.67 bits per heavy atom. The Labute approximate surface area is 137 Å². The number of piperazine rings is 1. The van der Waals surface area contributed by atoms with Crippen LogP contribution in [0.4, 0.5) is 5.69 Å². The van der Waals surface area contributed by atoms with Crippen molar-refractivity contribution in [3.05, 3.63) is 39.4 Å². The average Bonchev–Trinajstić information content (AvgIpc) is 2.53. The molecule has 24 heavy (non-hydrogen) atoms. The van der Waals surface area contributed by atoms with Gasteiger partial charge in [-0.1, -0.05) is 0 Å². The second-order valence-corrected chi connectivity index (χ2v) is 7.27. The lowest BCUT2D eigenvalue weighted by molar-refractivity contribution is -0.384. The number of nitro benzene ring substituents is 1. The number of non-ortho nitro benzene ring substituents is 1. The van der Waals surface area contributed by atoms with Gasteiger partial charge in [-0.05, 0) is 6.07 Å². The van der Waals surface area contributed by atoms with E-state index in [0.717, 1.165) is 24.5 Å². The van der Waals surface area contributed by atoms with Crippen LogP contribution in [0.2, 0.25) is 0 Å². The van der Waals surface area contributed by atoms with Gasteiger partial charge in [-0.2, -0.15) is 4.31 Å². The van der Waals surface area contributed by atoms with Crippen LogP contribution in [-0.2, 0) is 10.0 Å². The Morgan fingerprint density at radius 3 is 2.12 bits per heavy atom. The van der Waals surface area contributed by atoms with Crippen LogP contribution in [0.3, 0.4) is 0 Å². The molecule has 1 aliphatic heterocycles. The third-order valence-corrected chi connectivity index (χ3v) is 4.92. The number of nitrogens with zero attached hydrogens (tertiary/aromatic N) is 3. The van der Waals surface area contributed by atoms with Crippen LogP contribution in [0.25, 0.3) is 0 Å². The van der Waals surface area contributed by atoms with Gasteiger partial charge < -0.3 is 10.0 Å². The smallest absolute Gasteiger partial charge is 0.335 e. The molecule has 1 heterocycles. The normalized spacial score (nSPS) is 16.0. The van der Waals surface area contributed by atoms with Gasteiger partial charge in [-0.25, -0.2) is 13.2 Å². The summed E-state index contributed by atoms with van der Waals surface area (Å²) in [5, 5.41) is 19.9. The fraction of sp³-hybridized carbons (Fsp3) is 0.385. The van der Waals surface area contributed by atoms with Crippen LogP contribution in [-0.4, -0.2) is 72.0 Å². The summed E-state index contributed by atoms with van der Waals surface area (Å²) in [6.07, 6.45) is 1.07. The van der Waals surface area contributed by atoms with E-state index in [-0.39, 0.29) is 37.3 Å². The summed E-state index contributed by atoms with van der Waals surface area (Å²) in [5.41, 5.74) is -0.968. The van der Waals surface area contributed by atoms with Crippen molar-refractivity contribution in [2.75, 3.05) is 32.4 Å². The number of nitro groups is 1. The quantitative estimate of drug-likeness (QED) is 0.591. The maximum Gasteiger partial charge on any atom is 0.335 e. The highest BCUT2D eigenvalue weighted by atomic mass is 32.2. The third kappa shape index (κ3) is 3.86. The van der Waals surface area contributed by atoms with Gasteiger partial charge in [0, 0.05) is 43.9 Å². The van der Waals surface area contributed by atoms with Crippen molar-refractivity contribution in [1.82, 2.24) is 9.21 Å². The molecule has 0 bridgehead atoms. The molecule has 0 aromatic heterocycles. The SMILES string of the molecule is CS(=O)(=O)N1CCN(C(=O)c2cc(C(=O)O)cc([N+](=O)[O-])c2)CC1. The molecule has 0 spiro atoms. The summed E-state index contributed by atoms with van der Waals surface area (Å²) >= 11 is 0. The number of sulfonamides is 1. The van der Waals surface area contributed by atoms with E-state index in [0.29, 0.717) is 0 Å². The van der Waals surface area contributed by atoms with Crippen molar-refractivity contribution in [2.24, 2.45) is 0 Å². The van der Waals surface area contributed by atoms with Crippen LogP contribution in [0, 0.1) is 10.1 Å². The minimum Gasteiger partial charge on any atom is -0.478 e. The molecule has 10 nitrogen and oxygen atoms in total. The molecule has 2 rings (SSSR count). The van der Waals surface area contributed by atoms with Gasteiger partial charge in [0.25, 0.3) is 11.6 Å². The molecule has 1 N–H and O–H groups in total. The van der Waals surface area contributed by atoms with Crippen LogP contribution >= 0.6 is 0 Å². The van der Waals surface area contributed by atoms with Crippen LogP contribution in [0.15, 0.2) is 18.2 Å². The second kappa shape index (κ2) is 6.53. The first-order valence-electron chi connectivity index (χ1n) is 6.87. The molecule has 1 fully saturated rings. The van der Waals surface area contributed by atoms with E-state index >= 15 is 0 Å². The standard InChI is InChI=1S/C13H15N3O7S/c1-24(22,23)15-4-2-14(3-5-15)12(17)9-6-10(13(18)19)8-11(7-9)16(20)21/h6-8H,2-5H2,1H3,(H,18,19).